The number of benzene rings is 8. The Balaban J connectivity index is 1.12. The molecule has 13 rings (SSSR count). The quantitative estimate of drug-likeness (QED) is 0.179. The lowest BCUT2D eigenvalue weighted by atomic mass is 9.58. The van der Waals surface area contributed by atoms with Crippen molar-refractivity contribution in [2.24, 2.45) is 0 Å². The van der Waals surface area contributed by atoms with Gasteiger partial charge in [-0.05, 0) is 116 Å². The van der Waals surface area contributed by atoms with Gasteiger partial charge in [0.25, 0.3) is 0 Å². The summed E-state index contributed by atoms with van der Waals surface area (Å²) in [5, 5.41) is 11.4. The fourth-order valence-electron chi connectivity index (χ4n) is 11.3. The maximum absolute atomic E-state index is 6.63. The summed E-state index contributed by atoms with van der Waals surface area (Å²) in [4.78, 5) is 0. The van der Waals surface area contributed by atoms with Crippen LogP contribution in [-0.4, -0.2) is 11.8 Å². The molecule has 11 aromatic rings. The number of furan rings is 1. The highest BCUT2D eigenvalue weighted by molar-refractivity contribution is 7.25. The van der Waals surface area contributed by atoms with E-state index < -0.39 is 0 Å². The SMILES string of the molecule is Cc1cc(-c2cc3c(cc2Nc2ccc(C(C)(C)C)cc2)sc2cc(C(C)(C)C)ccc23)c2c3c1c1cc4c(cc1n3-c1cc3c(cc1[B]2)C(C)(C)c1ccccc1-3)oc1ccccc14. The minimum Gasteiger partial charge on any atom is -0.456 e. The summed E-state index contributed by atoms with van der Waals surface area (Å²) in [7, 11) is 2.50. The third-order valence-electron chi connectivity index (χ3n) is 14.8. The first kappa shape index (κ1) is 38.9. The molecule has 0 unspecified atom stereocenters. The average Bonchev–Trinajstić information content (AvgIpc) is 3.99. The smallest absolute Gasteiger partial charge is 0.197 e. The number of hydrogen-bond acceptors (Lipinski definition) is 3. The molecule has 1 N–H and O–H groups in total. The molecule has 5 heteroatoms. The Morgan fingerprint density at radius 2 is 1.32 bits per heavy atom. The van der Waals surface area contributed by atoms with Crippen LogP contribution in [0.4, 0.5) is 11.4 Å². The Morgan fingerprint density at radius 3 is 2.12 bits per heavy atom. The predicted octanol–water partition coefficient (Wildman–Crippen LogP) is 15.6. The first-order valence-electron chi connectivity index (χ1n) is 23.1. The summed E-state index contributed by atoms with van der Waals surface area (Å²) < 4.78 is 11.8. The third-order valence-corrected chi connectivity index (χ3v) is 16.0. The van der Waals surface area contributed by atoms with Crippen LogP contribution in [-0.2, 0) is 16.2 Å². The van der Waals surface area contributed by atoms with Gasteiger partial charge < -0.3 is 14.3 Å². The molecule has 0 spiro atoms. The van der Waals surface area contributed by atoms with Gasteiger partial charge in [-0.1, -0.05) is 140 Å². The zero-order chi connectivity index (χ0) is 44.5. The molecule has 3 aromatic heterocycles. The van der Waals surface area contributed by atoms with Gasteiger partial charge in [-0.3, -0.25) is 0 Å². The van der Waals surface area contributed by atoms with E-state index in [1.54, 1.807) is 0 Å². The molecule has 3 nitrogen and oxygen atoms in total. The van der Waals surface area contributed by atoms with Gasteiger partial charge >= 0.3 is 0 Å². The number of aryl methyl sites for hydroxylation is 1. The van der Waals surface area contributed by atoms with E-state index in [2.05, 4.69) is 213 Å². The zero-order valence-corrected chi connectivity index (χ0v) is 39.4. The van der Waals surface area contributed by atoms with Crippen molar-refractivity contribution in [3.8, 4) is 27.9 Å². The Bertz CT molecular complexity index is 3880. The topological polar surface area (TPSA) is 30.1 Å². The molecule has 8 aromatic carbocycles. The summed E-state index contributed by atoms with van der Waals surface area (Å²) >= 11 is 1.90. The molecule has 1 radical (unpaired) electrons. The third kappa shape index (κ3) is 5.55. The lowest BCUT2D eigenvalue weighted by Crippen LogP contribution is -2.38. The second-order valence-corrected chi connectivity index (χ2v) is 22.4. The number of fused-ring (bicyclic) bond motifs is 14. The summed E-state index contributed by atoms with van der Waals surface area (Å²) in [6.45, 7) is 20.8. The molecular formula is C60H50BN2OS. The maximum Gasteiger partial charge on any atom is 0.197 e. The van der Waals surface area contributed by atoms with Crippen LogP contribution in [0, 0.1) is 6.92 Å². The number of nitrogens with one attached hydrogen (secondary N) is 1. The van der Waals surface area contributed by atoms with Crippen molar-refractivity contribution in [1.82, 2.24) is 4.57 Å². The average molecular weight is 858 g/mol. The minimum atomic E-state index is -0.128. The highest BCUT2D eigenvalue weighted by Crippen LogP contribution is 2.51. The Morgan fingerprint density at radius 1 is 0.585 bits per heavy atom. The second kappa shape index (κ2) is 13.0. The van der Waals surface area contributed by atoms with Gasteiger partial charge in [0.1, 0.15) is 11.2 Å². The highest BCUT2D eigenvalue weighted by Gasteiger charge is 2.38. The van der Waals surface area contributed by atoms with Gasteiger partial charge in [-0.2, -0.15) is 0 Å². The van der Waals surface area contributed by atoms with Crippen LogP contribution in [0.3, 0.4) is 0 Å². The lowest BCUT2D eigenvalue weighted by molar-refractivity contribution is 0.590. The fraction of sp³-hybridized carbons (Fsp3) is 0.200. The highest BCUT2D eigenvalue weighted by atomic mass is 32.1. The minimum absolute atomic E-state index is 0.0649. The fourth-order valence-corrected chi connectivity index (χ4v) is 12.5. The number of para-hydroxylation sites is 1. The lowest BCUT2D eigenvalue weighted by Gasteiger charge is -2.27. The Hall–Kier alpha value is -6.56. The van der Waals surface area contributed by atoms with E-state index in [9.17, 15) is 0 Å². The van der Waals surface area contributed by atoms with Crippen LogP contribution in [0.15, 0.2) is 138 Å². The van der Waals surface area contributed by atoms with E-state index in [0.29, 0.717) is 0 Å². The first-order chi connectivity index (χ1) is 31.1. The van der Waals surface area contributed by atoms with Crippen LogP contribution in [0.2, 0.25) is 0 Å². The zero-order valence-electron chi connectivity index (χ0n) is 38.5. The molecular weight excluding hydrogens is 808 g/mol. The normalized spacial score (nSPS) is 14.2. The molecule has 0 fully saturated rings. The van der Waals surface area contributed by atoms with Crippen LogP contribution in [0.5, 0.6) is 0 Å². The molecule has 0 bridgehead atoms. The molecule has 0 saturated heterocycles. The van der Waals surface area contributed by atoms with Crippen molar-refractivity contribution in [3.63, 3.8) is 0 Å². The summed E-state index contributed by atoms with van der Waals surface area (Å²) in [6.07, 6.45) is 0. The molecule has 315 valence electrons. The van der Waals surface area contributed by atoms with Crippen molar-refractivity contribution < 1.29 is 4.42 Å². The van der Waals surface area contributed by atoms with Gasteiger partial charge in [0, 0.05) is 81.3 Å². The van der Waals surface area contributed by atoms with E-state index in [4.69, 9.17) is 4.42 Å². The number of aromatic nitrogens is 1. The Kier molecular flexibility index (Phi) is 7.80. The number of rotatable bonds is 3. The predicted molar refractivity (Wildman–Crippen MR) is 281 cm³/mol. The van der Waals surface area contributed by atoms with E-state index in [-0.39, 0.29) is 16.2 Å². The number of thiophene rings is 1. The largest absolute Gasteiger partial charge is 0.456 e. The van der Waals surface area contributed by atoms with Crippen LogP contribution in [0.25, 0.3) is 91.9 Å². The Labute approximate surface area is 385 Å². The molecule has 0 atom stereocenters. The van der Waals surface area contributed by atoms with Gasteiger partial charge in [0.2, 0.25) is 0 Å². The van der Waals surface area contributed by atoms with Crippen LogP contribution < -0.4 is 16.2 Å². The van der Waals surface area contributed by atoms with Crippen molar-refractivity contribution in [2.75, 3.05) is 5.32 Å². The van der Waals surface area contributed by atoms with E-state index >= 15 is 0 Å². The van der Waals surface area contributed by atoms with Gasteiger partial charge in [0.05, 0.1) is 5.52 Å². The van der Waals surface area contributed by atoms with Gasteiger partial charge in [-0.15, -0.1) is 11.3 Å². The molecule has 0 saturated carbocycles. The molecule has 1 aliphatic heterocycles. The summed E-state index contributed by atoms with van der Waals surface area (Å²) in [5.74, 6) is 0. The van der Waals surface area contributed by atoms with Crippen LogP contribution in [0.1, 0.15) is 83.2 Å². The van der Waals surface area contributed by atoms with Crippen molar-refractivity contribution in [3.05, 3.63) is 161 Å². The van der Waals surface area contributed by atoms with E-state index in [1.165, 1.54) is 109 Å². The van der Waals surface area contributed by atoms with E-state index in [1.807, 2.05) is 11.3 Å². The molecule has 1 aliphatic carbocycles. The number of hydrogen-bond donors (Lipinski definition) is 1. The molecule has 65 heavy (non-hydrogen) atoms. The maximum atomic E-state index is 6.63. The summed E-state index contributed by atoms with van der Waals surface area (Å²) in [6, 6.07) is 50.6. The van der Waals surface area contributed by atoms with Gasteiger partial charge in [-0.25, -0.2) is 0 Å². The van der Waals surface area contributed by atoms with Crippen molar-refractivity contribution in [1.29, 1.82) is 0 Å². The molecule has 2 aliphatic rings. The number of nitrogens with zero attached hydrogens (tertiary/aromatic N) is 1. The van der Waals surface area contributed by atoms with Crippen LogP contribution >= 0.6 is 11.3 Å². The number of anilines is 2. The van der Waals surface area contributed by atoms with Crippen molar-refractivity contribution in [2.45, 2.75) is 78.6 Å². The molecule has 0 amide bonds. The standard InChI is InChI=1S/C60H50BN2OS/c1-32-24-43(40-26-42-38-23-20-34(59(5,6)7)25-53(38)65-54(42)30-48(40)62-35-21-18-33(19-22-35)58(2,3)4)56-57-55(32)44-27-41-37-15-11-13-17-51(37)64-52(41)31-49(44)63(57)50-28-39-36-14-10-12-16-45(36)60(8,9)46(39)29-47(50)61-56/h10-31,62H,1-9H3. The molecule has 4 heterocycles. The summed E-state index contributed by atoms with van der Waals surface area (Å²) in [5.41, 5.74) is 21.9. The van der Waals surface area contributed by atoms with E-state index in [0.717, 1.165) is 33.3 Å². The second-order valence-electron chi connectivity index (χ2n) is 21.4. The van der Waals surface area contributed by atoms with Gasteiger partial charge in [0.15, 0.2) is 7.28 Å². The first-order valence-corrected chi connectivity index (χ1v) is 23.9. The van der Waals surface area contributed by atoms with Crippen molar-refractivity contribution >= 4 is 105 Å². The monoisotopic (exact) mass is 857 g/mol.